The molecule has 17 heavy (non-hydrogen) atoms. The van der Waals surface area contributed by atoms with Crippen molar-refractivity contribution >= 4 is 27.5 Å². The summed E-state index contributed by atoms with van der Waals surface area (Å²) >= 11 is 3.14. The predicted octanol–water partition coefficient (Wildman–Crippen LogP) is 0.741. The van der Waals surface area contributed by atoms with Crippen LogP contribution in [0.4, 0.5) is 5.69 Å². The van der Waals surface area contributed by atoms with Crippen LogP contribution >= 0.6 is 15.9 Å². The summed E-state index contributed by atoms with van der Waals surface area (Å²) < 4.78 is 0.606. The molecule has 2 rings (SSSR count). The van der Waals surface area contributed by atoms with Crippen molar-refractivity contribution in [2.24, 2.45) is 5.92 Å². The van der Waals surface area contributed by atoms with E-state index in [1.807, 2.05) is 0 Å². The maximum Gasteiger partial charge on any atom is 0.271 e. The number of H-pyrrole nitrogens is 1. The van der Waals surface area contributed by atoms with E-state index < -0.39 is 28.3 Å². The Bertz CT molecular complexity index is 541. The van der Waals surface area contributed by atoms with Gasteiger partial charge in [0.05, 0.1) is 0 Å². The van der Waals surface area contributed by atoms with Crippen LogP contribution in [0.5, 0.6) is 0 Å². The topological polar surface area (TPSA) is 105 Å². The molecule has 0 aromatic carbocycles. The first-order valence-corrected chi connectivity index (χ1v) is 5.61. The number of rotatable bonds is 3. The number of halogens is 1. The second-order valence-corrected chi connectivity index (χ2v) is 4.66. The minimum atomic E-state index is -0.818. The number of hydrogen-bond acceptors (Lipinski definition) is 4. The molecule has 0 spiro atoms. The van der Waals surface area contributed by atoms with E-state index in [1.165, 1.54) is 12.3 Å². The summed E-state index contributed by atoms with van der Waals surface area (Å²) in [6.45, 7) is 0. The zero-order chi connectivity index (χ0) is 12.6. The molecule has 1 saturated carbocycles. The summed E-state index contributed by atoms with van der Waals surface area (Å²) in [5, 5.41) is 12.8. The van der Waals surface area contributed by atoms with Crippen LogP contribution in [0.1, 0.15) is 6.42 Å². The minimum absolute atomic E-state index is 0.0818. The van der Waals surface area contributed by atoms with E-state index in [2.05, 4.69) is 26.2 Å². The van der Waals surface area contributed by atoms with E-state index in [0.29, 0.717) is 4.47 Å². The highest BCUT2D eigenvalue weighted by atomic mass is 79.9. The lowest BCUT2D eigenvalue weighted by Crippen LogP contribution is -2.23. The molecule has 2 N–H and O–H groups in total. The molecule has 90 valence electrons. The van der Waals surface area contributed by atoms with Crippen molar-refractivity contribution in [2.75, 3.05) is 5.32 Å². The van der Waals surface area contributed by atoms with Crippen molar-refractivity contribution < 1.29 is 9.72 Å². The highest BCUT2D eigenvalue weighted by Crippen LogP contribution is 2.33. The fourth-order valence-electron chi connectivity index (χ4n) is 1.47. The van der Waals surface area contributed by atoms with Gasteiger partial charge in [-0.3, -0.25) is 19.7 Å². The fourth-order valence-corrected chi connectivity index (χ4v) is 1.82. The number of aromatic amines is 1. The molecule has 0 bridgehead atoms. The van der Waals surface area contributed by atoms with Crippen molar-refractivity contribution in [3.8, 4) is 0 Å². The lowest BCUT2D eigenvalue weighted by atomic mass is 10.3. The maximum absolute atomic E-state index is 11.6. The lowest BCUT2D eigenvalue weighted by molar-refractivity contribution is -0.497. The number of carbonyl (C=O) groups is 1. The van der Waals surface area contributed by atoms with Crippen LogP contribution in [0, 0.1) is 16.0 Å². The van der Waals surface area contributed by atoms with Crippen LogP contribution in [0.25, 0.3) is 0 Å². The number of anilines is 1. The SMILES string of the molecule is O=C(Nc1cc(Br)c[nH]c1=O)C1CC1[N+](=O)[O-]. The molecule has 1 aromatic rings. The molecular weight excluding hydrogens is 294 g/mol. The number of carbonyl (C=O) groups excluding carboxylic acids is 1. The van der Waals surface area contributed by atoms with E-state index in [0.717, 1.165) is 0 Å². The number of pyridine rings is 1. The Labute approximate surface area is 103 Å². The van der Waals surface area contributed by atoms with Gasteiger partial charge in [-0.1, -0.05) is 0 Å². The van der Waals surface area contributed by atoms with Gasteiger partial charge in [-0.2, -0.15) is 0 Å². The third kappa shape index (κ3) is 2.52. The lowest BCUT2D eigenvalue weighted by Gasteiger charge is -2.02. The minimum Gasteiger partial charge on any atom is -0.326 e. The standard InChI is InChI=1S/C9H8BrN3O4/c10-4-1-6(9(15)11-3-4)12-8(14)5-2-7(5)13(16)17/h1,3,5,7H,2H2,(H,11,15)(H,12,14). The van der Waals surface area contributed by atoms with Crippen LogP contribution in [-0.2, 0) is 4.79 Å². The van der Waals surface area contributed by atoms with E-state index in [4.69, 9.17) is 0 Å². The molecule has 2 atom stereocenters. The molecule has 1 heterocycles. The smallest absolute Gasteiger partial charge is 0.271 e. The van der Waals surface area contributed by atoms with Crippen LogP contribution in [-0.4, -0.2) is 21.9 Å². The highest BCUT2D eigenvalue weighted by molar-refractivity contribution is 9.10. The first-order valence-electron chi connectivity index (χ1n) is 4.81. The third-order valence-electron chi connectivity index (χ3n) is 2.49. The number of nitrogens with zero attached hydrogens (tertiary/aromatic N) is 1. The molecular formula is C9H8BrN3O4. The van der Waals surface area contributed by atoms with E-state index >= 15 is 0 Å². The highest BCUT2D eigenvalue weighted by Gasteiger charge is 2.53. The second-order valence-electron chi connectivity index (χ2n) is 3.74. The Hall–Kier alpha value is -1.70. The van der Waals surface area contributed by atoms with Crippen molar-refractivity contribution in [2.45, 2.75) is 12.5 Å². The number of amides is 1. The van der Waals surface area contributed by atoms with Gasteiger partial charge in [-0.15, -0.1) is 0 Å². The third-order valence-corrected chi connectivity index (χ3v) is 2.95. The van der Waals surface area contributed by atoms with Gasteiger partial charge >= 0.3 is 0 Å². The predicted molar refractivity (Wildman–Crippen MR) is 62.3 cm³/mol. The zero-order valence-electron chi connectivity index (χ0n) is 8.47. The number of aromatic nitrogens is 1. The molecule has 0 saturated heterocycles. The molecule has 0 aliphatic heterocycles. The van der Waals surface area contributed by atoms with Gasteiger partial charge in [0.1, 0.15) is 11.6 Å². The van der Waals surface area contributed by atoms with E-state index in [9.17, 15) is 19.7 Å². The van der Waals surface area contributed by atoms with Crippen molar-refractivity contribution in [1.29, 1.82) is 0 Å². The normalized spacial score (nSPS) is 21.9. The monoisotopic (exact) mass is 301 g/mol. The first kappa shape index (κ1) is 11.8. The molecule has 1 fully saturated rings. The molecule has 7 nitrogen and oxygen atoms in total. The summed E-state index contributed by atoms with van der Waals surface area (Å²) in [6.07, 6.45) is 1.67. The summed E-state index contributed by atoms with van der Waals surface area (Å²) in [6, 6.07) is 0.626. The molecule has 1 amide bonds. The van der Waals surface area contributed by atoms with Gasteiger partial charge in [0.15, 0.2) is 0 Å². The molecule has 2 unspecified atom stereocenters. The second kappa shape index (κ2) is 4.28. The van der Waals surface area contributed by atoms with Crippen LogP contribution in [0.3, 0.4) is 0 Å². The summed E-state index contributed by atoms with van der Waals surface area (Å²) in [5.41, 5.74) is -0.363. The summed E-state index contributed by atoms with van der Waals surface area (Å²) in [4.78, 5) is 35.2. The van der Waals surface area contributed by atoms with Gasteiger partial charge in [-0.05, 0) is 22.0 Å². The summed E-state index contributed by atoms with van der Waals surface area (Å²) in [7, 11) is 0. The maximum atomic E-state index is 11.6. The average Bonchev–Trinajstić information content (AvgIpc) is 3.03. The van der Waals surface area contributed by atoms with Gasteiger partial charge in [-0.25, -0.2) is 0 Å². The average molecular weight is 302 g/mol. The van der Waals surface area contributed by atoms with E-state index in [-0.39, 0.29) is 12.1 Å². The Balaban J connectivity index is 2.07. The van der Waals surface area contributed by atoms with Crippen LogP contribution in [0.15, 0.2) is 21.5 Å². The van der Waals surface area contributed by atoms with Gasteiger partial charge in [0, 0.05) is 22.0 Å². The van der Waals surface area contributed by atoms with Gasteiger partial charge in [0.25, 0.3) is 5.56 Å². The van der Waals surface area contributed by atoms with Crippen molar-refractivity contribution in [3.05, 3.63) is 37.2 Å². The largest absolute Gasteiger partial charge is 0.326 e. The number of nitrogens with one attached hydrogen (secondary N) is 2. The number of nitro groups is 1. The molecule has 8 heteroatoms. The molecule has 0 radical (unpaired) electrons. The van der Waals surface area contributed by atoms with Gasteiger partial charge < -0.3 is 10.3 Å². The Morgan fingerprint density at radius 3 is 2.94 bits per heavy atom. The zero-order valence-corrected chi connectivity index (χ0v) is 10.1. The quantitative estimate of drug-likeness (QED) is 0.634. The Morgan fingerprint density at radius 1 is 1.65 bits per heavy atom. The Morgan fingerprint density at radius 2 is 2.35 bits per heavy atom. The van der Waals surface area contributed by atoms with Crippen LogP contribution < -0.4 is 10.9 Å². The van der Waals surface area contributed by atoms with Crippen molar-refractivity contribution in [1.82, 2.24) is 4.98 Å². The summed E-state index contributed by atoms with van der Waals surface area (Å²) in [5.74, 6) is -1.13. The van der Waals surface area contributed by atoms with Crippen LogP contribution in [0.2, 0.25) is 0 Å². The fraction of sp³-hybridized carbons (Fsp3) is 0.333. The first-order chi connectivity index (χ1) is 7.99. The van der Waals surface area contributed by atoms with Crippen molar-refractivity contribution in [3.63, 3.8) is 0 Å². The molecule has 1 aliphatic carbocycles. The molecule has 1 aromatic heterocycles. The van der Waals surface area contributed by atoms with Gasteiger partial charge in [0.2, 0.25) is 11.9 Å². The Kier molecular flexibility index (Phi) is 2.97. The number of hydrogen-bond donors (Lipinski definition) is 2. The molecule has 1 aliphatic rings. The van der Waals surface area contributed by atoms with E-state index in [1.54, 1.807) is 0 Å².